The Bertz CT molecular complexity index is 315. The molecule has 102 valence electrons. The van der Waals surface area contributed by atoms with Crippen LogP contribution in [0.4, 0.5) is 0 Å². The molecule has 0 radical (unpaired) electrons. The molecule has 0 heterocycles. The van der Waals surface area contributed by atoms with Crippen molar-refractivity contribution in [1.82, 2.24) is 5.32 Å². The molecule has 0 aromatic rings. The van der Waals surface area contributed by atoms with E-state index in [0.29, 0.717) is 12.8 Å². The van der Waals surface area contributed by atoms with E-state index in [-0.39, 0.29) is 11.9 Å². The number of carbonyl (C=O) groups is 1. The summed E-state index contributed by atoms with van der Waals surface area (Å²) in [6.45, 7) is 6.05. The highest BCUT2D eigenvalue weighted by molar-refractivity contribution is 5.85. The molecule has 1 N–H and O–H groups in total. The summed E-state index contributed by atoms with van der Waals surface area (Å²) in [5, 5.41) is 12.4. The molecular weight excluding hydrogens is 224 g/mol. The lowest BCUT2D eigenvalue weighted by Gasteiger charge is -2.32. The van der Waals surface area contributed by atoms with Crippen molar-refractivity contribution in [2.45, 2.75) is 71.8 Å². The molecule has 18 heavy (non-hydrogen) atoms. The SMILES string of the molecule is CCC1CCCC(NC(=O)C(C#N)(CC)CC)C1. The largest absolute Gasteiger partial charge is 0.352 e. The molecule has 1 aliphatic carbocycles. The summed E-state index contributed by atoms with van der Waals surface area (Å²) in [5.74, 6) is 0.681. The van der Waals surface area contributed by atoms with Crippen LogP contribution in [0.3, 0.4) is 0 Å². The minimum atomic E-state index is -0.820. The fourth-order valence-corrected chi connectivity index (χ4v) is 2.90. The second-order valence-electron chi connectivity index (χ2n) is 5.51. The Balaban J connectivity index is 2.61. The average Bonchev–Trinajstić information content (AvgIpc) is 2.41. The smallest absolute Gasteiger partial charge is 0.240 e. The molecule has 1 aliphatic rings. The van der Waals surface area contributed by atoms with Gasteiger partial charge in [-0.3, -0.25) is 4.79 Å². The Kier molecular flexibility index (Phi) is 5.65. The maximum absolute atomic E-state index is 12.3. The standard InChI is InChI=1S/C15H26N2O/c1-4-12-8-7-9-13(10-12)17-14(18)15(5-2,6-3)11-16/h12-13H,4-10H2,1-3H3,(H,17,18). The third kappa shape index (κ3) is 3.25. The zero-order valence-electron chi connectivity index (χ0n) is 12.0. The molecule has 0 saturated heterocycles. The molecule has 3 heteroatoms. The summed E-state index contributed by atoms with van der Waals surface area (Å²) >= 11 is 0. The van der Waals surface area contributed by atoms with Gasteiger partial charge in [0.15, 0.2) is 0 Å². The number of nitriles is 1. The van der Waals surface area contributed by atoms with Crippen LogP contribution in [0.2, 0.25) is 0 Å². The van der Waals surface area contributed by atoms with Crippen LogP contribution in [0.15, 0.2) is 0 Å². The molecular formula is C15H26N2O. The minimum Gasteiger partial charge on any atom is -0.352 e. The summed E-state index contributed by atoms with van der Waals surface area (Å²) in [6.07, 6.45) is 7.01. The van der Waals surface area contributed by atoms with Gasteiger partial charge in [0.2, 0.25) is 5.91 Å². The van der Waals surface area contributed by atoms with E-state index in [4.69, 9.17) is 0 Å². The van der Waals surface area contributed by atoms with E-state index >= 15 is 0 Å². The molecule has 1 saturated carbocycles. The van der Waals surface area contributed by atoms with E-state index in [1.807, 2.05) is 13.8 Å². The van der Waals surface area contributed by atoms with Gasteiger partial charge in [0.1, 0.15) is 5.41 Å². The zero-order valence-corrected chi connectivity index (χ0v) is 12.0. The van der Waals surface area contributed by atoms with Crippen LogP contribution in [0.5, 0.6) is 0 Å². The van der Waals surface area contributed by atoms with Crippen LogP contribution in [-0.4, -0.2) is 11.9 Å². The van der Waals surface area contributed by atoms with E-state index in [1.54, 1.807) is 0 Å². The summed E-state index contributed by atoms with van der Waals surface area (Å²) in [5.41, 5.74) is -0.820. The Labute approximate surface area is 111 Å². The molecule has 0 spiro atoms. The second-order valence-corrected chi connectivity index (χ2v) is 5.51. The first-order valence-corrected chi connectivity index (χ1v) is 7.34. The number of nitrogens with one attached hydrogen (secondary N) is 1. The van der Waals surface area contributed by atoms with Gasteiger partial charge in [0, 0.05) is 6.04 Å². The summed E-state index contributed by atoms with van der Waals surface area (Å²) in [7, 11) is 0. The Hall–Kier alpha value is -1.04. The van der Waals surface area contributed by atoms with Gasteiger partial charge in [-0.25, -0.2) is 0 Å². The zero-order chi connectivity index (χ0) is 13.6. The van der Waals surface area contributed by atoms with Gasteiger partial charge in [0.25, 0.3) is 0 Å². The van der Waals surface area contributed by atoms with Gasteiger partial charge in [0.05, 0.1) is 6.07 Å². The van der Waals surface area contributed by atoms with E-state index in [0.717, 1.165) is 18.8 Å². The number of hydrogen-bond acceptors (Lipinski definition) is 2. The summed E-state index contributed by atoms with van der Waals surface area (Å²) in [6, 6.07) is 2.50. The number of amides is 1. The van der Waals surface area contributed by atoms with E-state index in [9.17, 15) is 10.1 Å². The molecule has 2 unspecified atom stereocenters. The number of hydrogen-bond donors (Lipinski definition) is 1. The highest BCUT2D eigenvalue weighted by Crippen LogP contribution is 2.29. The van der Waals surface area contributed by atoms with Crippen LogP contribution >= 0.6 is 0 Å². The first-order chi connectivity index (χ1) is 8.61. The summed E-state index contributed by atoms with van der Waals surface area (Å²) in [4.78, 5) is 12.3. The molecule has 1 rings (SSSR count). The maximum Gasteiger partial charge on any atom is 0.240 e. The molecule has 0 aromatic heterocycles. The highest BCUT2D eigenvalue weighted by Gasteiger charge is 2.36. The van der Waals surface area contributed by atoms with Gasteiger partial charge in [-0.1, -0.05) is 40.0 Å². The minimum absolute atomic E-state index is 0.0586. The number of nitrogens with zero attached hydrogens (tertiary/aromatic N) is 1. The molecule has 2 atom stereocenters. The van der Waals surface area contributed by atoms with E-state index in [1.165, 1.54) is 19.3 Å². The van der Waals surface area contributed by atoms with Crippen molar-refractivity contribution in [2.24, 2.45) is 11.3 Å². The van der Waals surface area contributed by atoms with Gasteiger partial charge >= 0.3 is 0 Å². The normalized spacial score (nSPS) is 24.3. The Morgan fingerprint density at radius 1 is 1.33 bits per heavy atom. The fourth-order valence-electron chi connectivity index (χ4n) is 2.90. The van der Waals surface area contributed by atoms with Crippen molar-refractivity contribution < 1.29 is 4.79 Å². The molecule has 0 aliphatic heterocycles. The molecule has 3 nitrogen and oxygen atoms in total. The first-order valence-electron chi connectivity index (χ1n) is 7.34. The fraction of sp³-hybridized carbons (Fsp3) is 0.867. The third-order valence-corrected chi connectivity index (χ3v) is 4.55. The maximum atomic E-state index is 12.3. The molecule has 1 amide bonds. The highest BCUT2D eigenvalue weighted by atomic mass is 16.2. The van der Waals surface area contributed by atoms with Crippen LogP contribution in [0.1, 0.15) is 65.7 Å². The monoisotopic (exact) mass is 250 g/mol. The third-order valence-electron chi connectivity index (χ3n) is 4.55. The van der Waals surface area contributed by atoms with Gasteiger partial charge < -0.3 is 5.32 Å². The van der Waals surface area contributed by atoms with Crippen molar-refractivity contribution >= 4 is 5.91 Å². The van der Waals surface area contributed by atoms with Crippen LogP contribution in [-0.2, 0) is 4.79 Å². The van der Waals surface area contributed by atoms with E-state index in [2.05, 4.69) is 18.3 Å². The first kappa shape index (κ1) is 15.0. The van der Waals surface area contributed by atoms with Gasteiger partial charge in [-0.05, 0) is 31.6 Å². The Morgan fingerprint density at radius 2 is 2.00 bits per heavy atom. The average molecular weight is 250 g/mol. The lowest BCUT2D eigenvalue weighted by Crippen LogP contribution is -2.46. The molecule has 1 fully saturated rings. The quantitative estimate of drug-likeness (QED) is 0.813. The predicted octanol–water partition coefficient (Wildman–Crippen LogP) is 3.40. The van der Waals surface area contributed by atoms with E-state index < -0.39 is 5.41 Å². The van der Waals surface area contributed by atoms with Gasteiger partial charge in [-0.15, -0.1) is 0 Å². The topological polar surface area (TPSA) is 52.9 Å². The second kappa shape index (κ2) is 6.78. The van der Waals surface area contributed by atoms with Crippen molar-refractivity contribution in [1.29, 1.82) is 5.26 Å². The summed E-state index contributed by atoms with van der Waals surface area (Å²) < 4.78 is 0. The van der Waals surface area contributed by atoms with Gasteiger partial charge in [-0.2, -0.15) is 5.26 Å². The van der Waals surface area contributed by atoms with Crippen molar-refractivity contribution in [3.8, 4) is 6.07 Å². The predicted molar refractivity (Wildman–Crippen MR) is 72.8 cm³/mol. The van der Waals surface area contributed by atoms with Crippen LogP contribution < -0.4 is 5.32 Å². The lowest BCUT2D eigenvalue weighted by molar-refractivity contribution is -0.129. The molecule has 0 bridgehead atoms. The molecule has 0 aromatic carbocycles. The van der Waals surface area contributed by atoms with Crippen LogP contribution in [0, 0.1) is 22.7 Å². The van der Waals surface area contributed by atoms with Crippen molar-refractivity contribution in [2.75, 3.05) is 0 Å². The number of carbonyl (C=O) groups excluding carboxylic acids is 1. The Morgan fingerprint density at radius 3 is 2.50 bits per heavy atom. The van der Waals surface area contributed by atoms with Crippen molar-refractivity contribution in [3.05, 3.63) is 0 Å². The number of rotatable bonds is 5. The lowest BCUT2D eigenvalue weighted by atomic mass is 9.80. The van der Waals surface area contributed by atoms with Crippen molar-refractivity contribution in [3.63, 3.8) is 0 Å². The van der Waals surface area contributed by atoms with Crippen LogP contribution in [0.25, 0.3) is 0 Å².